The molecular formula is C19H25ClN4O3. The summed E-state index contributed by atoms with van der Waals surface area (Å²) in [4.78, 5) is 14.3. The fraction of sp³-hybridized carbons (Fsp3) is 0.474. The number of hydrogen-bond acceptors (Lipinski definition) is 5. The van der Waals surface area contributed by atoms with Gasteiger partial charge in [0, 0.05) is 19.8 Å². The Kier molecular flexibility index (Phi) is 6.23. The highest BCUT2D eigenvalue weighted by atomic mass is 35.5. The summed E-state index contributed by atoms with van der Waals surface area (Å²) in [6.45, 7) is 2.83. The first-order chi connectivity index (χ1) is 12.7. The van der Waals surface area contributed by atoms with E-state index in [1.54, 1.807) is 18.0 Å². The number of amides is 1. The molecule has 3 heterocycles. The lowest BCUT2D eigenvalue weighted by Gasteiger charge is -2.29. The van der Waals surface area contributed by atoms with Crippen LogP contribution < -0.4 is 14.8 Å². The molecule has 0 spiro atoms. The Morgan fingerprint density at radius 1 is 1.33 bits per heavy atom. The summed E-state index contributed by atoms with van der Waals surface area (Å²) in [7, 11) is 1.77. The second-order valence-electron chi connectivity index (χ2n) is 6.86. The van der Waals surface area contributed by atoms with E-state index in [2.05, 4.69) is 10.4 Å². The van der Waals surface area contributed by atoms with Crippen molar-refractivity contribution in [3.8, 4) is 11.5 Å². The molecule has 2 aliphatic rings. The van der Waals surface area contributed by atoms with Crippen molar-refractivity contribution in [2.45, 2.75) is 25.0 Å². The minimum Gasteiger partial charge on any atom is -0.486 e. The number of halogens is 1. The van der Waals surface area contributed by atoms with Gasteiger partial charge in [-0.3, -0.25) is 9.48 Å². The third-order valence-electron chi connectivity index (χ3n) is 4.86. The zero-order valence-corrected chi connectivity index (χ0v) is 16.2. The van der Waals surface area contributed by atoms with Crippen LogP contribution in [-0.4, -0.2) is 60.0 Å². The van der Waals surface area contributed by atoms with Gasteiger partial charge in [0.1, 0.15) is 12.3 Å². The highest BCUT2D eigenvalue weighted by Gasteiger charge is 2.25. The van der Waals surface area contributed by atoms with Gasteiger partial charge in [0.05, 0.1) is 12.6 Å². The molecule has 4 rings (SSSR count). The van der Waals surface area contributed by atoms with Crippen molar-refractivity contribution < 1.29 is 14.3 Å². The summed E-state index contributed by atoms with van der Waals surface area (Å²) >= 11 is 0. The van der Waals surface area contributed by atoms with Gasteiger partial charge in [-0.1, -0.05) is 12.1 Å². The molecule has 1 saturated heterocycles. The maximum absolute atomic E-state index is 12.7. The van der Waals surface area contributed by atoms with E-state index in [0.717, 1.165) is 37.4 Å². The van der Waals surface area contributed by atoms with Gasteiger partial charge in [-0.25, -0.2) is 0 Å². The Bertz CT molecular complexity index is 776. The van der Waals surface area contributed by atoms with Crippen LogP contribution in [0.5, 0.6) is 11.5 Å². The lowest BCUT2D eigenvalue weighted by Crippen LogP contribution is -2.42. The van der Waals surface area contributed by atoms with Crippen LogP contribution in [0.25, 0.3) is 0 Å². The fourth-order valence-corrected chi connectivity index (χ4v) is 3.45. The Morgan fingerprint density at radius 2 is 2.15 bits per heavy atom. The maximum atomic E-state index is 12.7. The van der Waals surface area contributed by atoms with Crippen molar-refractivity contribution in [3.05, 3.63) is 42.2 Å². The number of aromatic nitrogens is 2. The van der Waals surface area contributed by atoms with Crippen LogP contribution in [0.2, 0.25) is 0 Å². The van der Waals surface area contributed by atoms with Gasteiger partial charge >= 0.3 is 0 Å². The first kappa shape index (κ1) is 19.5. The third-order valence-corrected chi connectivity index (χ3v) is 4.86. The summed E-state index contributed by atoms with van der Waals surface area (Å²) in [5, 5.41) is 7.87. The third kappa shape index (κ3) is 4.36. The number of nitrogens with one attached hydrogen (secondary N) is 1. The van der Waals surface area contributed by atoms with Crippen molar-refractivity contribution in [2.75, 3.05) is 33.3 Å². The van der Waals surface area contributed by atoms with Crippen LogP contribution >= 0.6 is 12.4 Å². The summed E-state index contributed by atoms with van der Waals surface area (Å²) in [5.41, 5.74) is 0.468. The van der Waals surface area contributed by atoms with Gasteiger partial charge in [-0.15, -0.1) is 12.4 Å². The van der Waals surface area contributed by atoms with Gasteiger partial charge in [-0.2, -0.15) is 5.10 Å². The van der Waals surface area contributed by atoms with E-state index in [-0.39, 0.29) is 24.4 Å². The predicted molar refractivity (Wildman–Crippen MR) is 104 cm³/mol. The Morgan fingerprint density at radius 3 is 2.93 bits per heavy atom. The number of likely N-dealkylation sites (N-methyl/N-ethyl adjacent to an activating group) is 1. The number of fused-ring (bicyclic) bond motifs is 1. The smallest absolute Gasteiger partial charge is 0.274 e. The molecule has 27 heavy (non-hydrogen) atoms. The minimum absolute atomic E-state index is 0. The second kappa shape index (κ2) is 8.63. The van der Waals surface area contributed by atoms with Gasteiger partial charge in [0.2, 0.25) is 0 Å². The summed E-state index contributed by atoms with van der Waals surface area (Å²) in [5.74, 6) is 1.37. The molecule has 0 radical (unpaired) electrons. The van der Waals surface area contributed by atoms with E-state index < -0.39 is 0 Å². The Balaban J connectivity index is 0.00000210. The van der Waals surface area contributed by atoms with E-state index in [4.69, 9.17) is 9.47 Å². The standard InChI is InChI=1S/C19H24N4O3.ClH/c1-22(12-15-13-25-17-6-2-3-7-18(17)26-15)19(24)16-8-10-23(21-16)14-5-4-9-20-11-14;/h2-3,6-8,10,14-15,20H,4-5,9,11-13H2,1H3;1H. The molecule has 146 valence electrons. The summed E-state index contributed by atoms with van der Waals surface area (Å²) in [6, 6.07) is 9.70. The molecule has 0 aliphatic carbocycles. The van der Waals surface area contributed by atoms with E-state index >= 15 is 0 Å². The van der Waals surface area contributed by atoms with Crippen LogP contribution in [-0.2, 0) is 0 Å². The van der Waals surface area contributed by atoms with Crippen LogP contribution in [0.3, 0.4) is 0 Å². The largest absolute Gasteiger partial charge is 0.486 e. The van der Waals surface area contributed by atoms with E-state index in [1.165, 1.54) is 0 Å². The van der Waals surface area contributed by atoms with Crippen molar-refractivity contribution in [1.82, 2.24) is 20.0 Å². The average molecular weight is 393 g/mol. The van der Waals surface area contributed by atoms with Crippen molar-refractivity contribution in [3.63, 3.8) is 0 Å². The number of para-hydroxylation sites is 2. The maximum Gasteiger partial charge on any atom is 0.274 e. The predicted octanol–water partition coefficient (Wildman–Crippen LogP) is 2.14. The normalized spacial score (nSPS) is 21.2. The molecule has 7 nitrogen and oxygen atoms in total. The van der Waals surface area contributed by atoms with Crippen LogP contribution in [0, 0.1) is 0 Å². The SMILES string of the molecule is CN(CC1COc2ccccc2O1)C(=O)c1ccn(C2CCCNC2)n1.Cl. The van der Waals surface area contributed by atoms with E-state index in [0.29, 0.717) is 24.9 Å². The van der Waals surface area contributed by atoms with Crippen molar-refractivity contribution in [1.29, 1.82) is 0 Å². The molecule has 8 heteroatoms. The first-order valence-electron chi connectivity index (χ1n) is 9.10. The first-order valence-corrected chi connectivity index (χ1v) is 9.10. The molecule has 2 aromatic rings. The second-order valence-corrected chi connectivity index (χ2v) is 6.86. The van der Waals surface area contributed by atoms with Gasteiger partial charge < -0.3 is 19.7 Å². The van der Waals surface area contributed by atoms with E-state index in [9.17, 15) is 4.79 Å². The number of ether oxygens (including phenoxy) is 2. The number of carbonyl (C=O) groups is 1. The summed E-state index contributed by atoms with van der Waals surface area (Å²) < 4.78 is 13.6. The minimum atomic E-state index is -0.191. The Labute approximate surface area is 165 Å². The average Bonchev–Trinajstić information content (AvgIpc) is 3.18. The molecule has 1 amide bonds. The number of benzene rings is 1. The number of rotatable bonds is 4. The molecule has 2 unspecified atom stereocenters. The molecule has 1 aromatic carbocycles. The highest BCUT2D eigenvalue weighted by Crippen LogP contribution is 2.31. The molecule has 2 atom stereocenters. The number of carbonyl (C=O) groups excluding carboxylic acids is 1. The number of hydrogen-bond donors (Lipinski definition) is 1. The molecule has 1 fully saturated rings. The van der Waals surface area contributed by atoms with Crippen LogP contribution in [0.15, 0.2) is 36.5 Å². The topological polar surface area (TPSA) is 68.6 Å². The van der Waals surface area contributed by atoms with Crippen LogP contribution in [0.4, 0.5) is 0 Å². The van der Waals surface area contributed by atoms with Crippen molar-refractivity contribution in [2.24, 2.45) is 0 Å². The molecular weight excluding hydrogens is 368 g/mol. The van der Waals surface area contributed by atoms with Crippen molar-refractivity contribution >= 4 is 18.3 Å². The zero-order chi connectivity index (χ0) is 17.9. The number of piperidine rings is 1. The number of nitrogens with zero attached hydrogens (tertiary/aromatic N) is 3. The van der Waals surface area contributed by atoms with Gasteiger partial charge in [0.15, 0.2) is 17.6 Å². The molecule has 1 N–H and O–H groups in total. The quantitative estimate of drug-likeness (QED) is 0.863. The van der Waals surface area contributed by atoms with Crippen LogP contribution in [0.1, 0.15) is 29.4 Å². The molecule has 0 bridgehead atoms. The molecule has 0 saturated carbocycles. The monoisotopic (exact) mass is 392 g/mol. The van der Waals surface area contributed by atoms with E-state index in [1.807, 2.05) is 35.1 Å². The zero-order valence-electron chi connectivity index (χ0n) is 15.3. The molecule has 1 aromatic heterocycles. The van der Waals surface area contributed by atoms with Gasteiger partial charge in [-0.05, 0) is 37.6 Å². The molecule has 2 aliphatic heterocycles. The highest BCUT2D eigenvalue weighted by molar-refractivity contribution is 5.92. The lowest BCUT2D eigenvalue weighted by molar-refractivity contribution is 0.0516. The fourth-order valence-electron chi connectivity index (χ4n) is 3.45. The van der Waals surface area contributed by atoms with Gasteiger partial charge in [0.25, 0.3) is 5.91 Å². The lowest BCUT2D eigenvalue weighted by atomic mass is 10.1. The Hall–Kier alpha value is -2.25. The summed E-state index contributed by atoms with van der Waals surface area (Å²) in [6.07, 6.45) is 3.93.